The Morgan fingerprint density at radius 2 is 1.71 bits per heavy atom. The molecule has 21 heavy (non-hydrogen) atoms. The van der Waals surface area contributed by atoms with Crippen molar-refractivity contribution in [1.82, 2.24) is 0 Å². The second-order valence-corrected chi connectivity index (χ2v) is 6.50. The molecule has 0 spiro atoms. The average Bonchev–Trinajstić information content (AvgIpc) is 2.54. The fourth-order valence-electron chi connectivity index (χ4n) is 2.43. The summed E-state index contributed by atoms with van der Waals surface area (Å²) in [4.78, 5) is 0. The van der Waals surface area contributed by atoms with Crippen LogP contribution in [0.5, 0.6) is 5.75 Å². The van der Waals surface area contributed by atoms with Gasteiger partial charge in [0.25, 0.3) is 0 Å². The van der Waals surface area contributed by atoms with E-state index in [0.29, 0.717) is 11.8 Å². The van der Waals surface area contributed by atoms with E-state index in [-0.39, 0.29) is 5.41 Å². The van der Waals surface area contributed by atoms with Crippen molar-refractivity contribution in [2.45, 2.75) is 11.8 Å². The van der Waals surface area contributed by atoms with Crippen LogP contribution in [0.1, 0.15) is 11.1 Å². The Kier molecular flexibility index (Phi) is 5.98. The van der Waals surface area contributed by atoms with Crippen LogP contribution in [0.4, 0.5) is 0 Å². The highest BCUT2D eigenvalue weighted by Gasteiger charge is 2.32. The minimum atomic E-state index is -0.307. The van der Waals surface area contributed by atoms with Crippen LogP contribution in [-0.4, -0.2) is 18.9 Å². The number of benzene rings is 2. The predicted octanol–water partition coefficient (Wildman–Crippen LogP) is 5.42. The smallest absolute Gasteiger partial charge is 0.122 e. The van der Waals surface area contributed by atoms with E-state index in [0.717, 1.165) is 27.8 Å². The molecule has 0 aromatic heterocycles. The molecule has 0 radical (unpaired) electrons. The molecule has 0 amide bonds. The summed E-state index contributed by atoms with van der Waals surface area (Å²) >= 11 is 16.1. The van der Waals surface area contributed by atoms with Crippen LogP contribution in [0.2, 0.25) is 0 Å². The Hall–Kier alpha value is -0.700. The third-order valence-electron chi connectivity index (χ3n) is 3.67. The summed E-state index contributed by atoms with van der Waals surface area (Å²) in [6.45, 7) is 0. The molecule has 0 aliphatic carbocycles. The van der Waals surface area contributed by atoms with Crippen molar-refractivity contribution in [3.63, 3.8) is 0 Å². The van der Waals surface area contributed by atoms with Crippen LogP contribution in [0, 0.1) is 0 Å². The number of alkyl halides is 2. The quantitative estimate of drug-likeness (QED) is 0.601. The second-order valence-electron chi connectivity index (χ2n) is 5.05. The summed E-state index contributed by atoms with van der Waals surface area (Å²) in [5, 5.41) is 0. The molecule has 2 aromatic carbocycles. The summed E-state index contributed by atoms with van der Waals surface area (Å²) in [5.74, 6) is 1.76. The molecule has 0 N–H and O–H groups in total. The van der Waals surface area contributed by atoms with Crippen molar-refractivity contribution < 1.29 is 4.74 Å². The molecule has 2 rings (SSSR count). The molecule has 2 aromatic rings. The summed E-state index contributed by atoms with van der Waals surface area (Å²) in [5.41, 5.74) is 1.94. The number of hydrogen-bond donors (Lipinski definition) is 0. The molecule has 1 nitrogen and oxygen atoms in total. The monoisotopic (exact) mass is 386 g/mol. The van der Waals surface area contributed by atoms with Gasteiger partial charge < -0.3 is 4.74 Å². The molecule has 0 atom stereocenters. The van der Waals surface area contributed by atoms with Crippen molar-refractivity contribution in [1.29, 1.82) is 0 Å². The zero-order chi connectivity index (χ0) is 15.3. The van der Waals surface area contributed by atoms with Gasteiger partial charge in [-0.25, -0.2) is 0 Å². The number of hydrogen-bond acceptors (Lipinski definition) is 1. The number of methoxy groups -OCH3 is 1. The minimum absolute atomic E-state index is 0.307. The molecule has 0 heterocycles. The molecule has 0 saturated carbocycles. The van der Waals surface area contributed by atoms with Crippen LogP contribution >= 0.6 is 39.1 Å². The Bertz CT molecular complexity index is 583. The van der Waals surface area contributed by atoms with Crippen molar-refractivity contribution in [2.75, 3.05) is 18.9 Å². The highest BCUT2D eigenvalue weighted by molar-refractivity contribution is 9.10. The molecule has 0 saturated heterocycles. The molecule has 0 bridgehead atoms. The lowest BCUT2D eigenvalue weighted by Gasteiger charge is -2.31. The van der Waals surface area contributed by atoms with Gasteiger partial charge in [-0.05, 0) is 35.7 Å². The molecule has 112 valence electrons. The third kappa shape index (κ3) is 3.74. The lowest BCUT2D eigenvalue weighted by Crippen LogP contribution is -2.33. The molecule has 0 aliphatic rings. The lowest BCUT2D eigenvalue weighted by molar-refractivity contribution is 0.403. The van der Waals surface area contributed by atoms with E-state index in [1.807, 2.05) is 30.3 Å². The van der Waals surface area contributed by atoms with Gasteiger partial charge in [0.05, 0.1) is 7.11 Å². The fourth-order valence-corrected chi connectivity index (χ4v) is 3.62. The predicted molar refractivity (Wildman–Crippen MR) is 94.0 cm³/mol. The van der Waals surface area contributed by atoms with Gasteiger partial charge in [-0.15, -0.1) is 23.2 Å². The summed E-state index contributed by atoms with van der Waals surface area (Å²) in [6, 6.07) is 16.2. The second kappa shape index (κ2) is 7.53. The lowest BCUT2D eigenvalue weighted by atomic mass is 9.78. The Balaban J connectivity index is 2.44. The van der Waals surface area contributed by atoms with Crippen molar-refractivity contribution in [2.24, 2.45) is 0 Å². The van der Waals surface area contributed by atoms with Gasteiger partial charge in [0.1, 0.15) is 5.75 Å². The van der Waals surface area contributed by atoms with Crippen LogP contribution in [0.15, 0.2) is 53.0 Å². The van der Waals surface area contributed by atoms with Gasteiger partial charge in [-0.3, -0.25) is 0 Å². The maximum atomic E-state index is 6.31. The van der Waals surface area contributed by atoms with E-state index in [4.69, 9.17) is 27.9 Å². The first-order chi connectivity index (χ1) is 10.1. The summed E-state index contributed by atoms with van der Waals surface area (Å²) < 4.78 is 6.48. The maximum Gasteiger partial charge on any atom is 0.122 e. The van der Waals surface area contributed by atoms with E-state index in [2.05, 4.69) is 34.1 Å². The molecule has 0 aliphatic heterocycles. The molecule has 4 heteroatoms. The minimum Gasteiger partial charge on any atom is -0.496 e. The summed E-state index contributed by atoms with van der Waals surface area (Å²) in [6.07, 6.45) is 0.729. The first kappa shape index (κ1) is 16.7. The zero-order valence-electron chi connectivity index (χ0n) is 11.8. The highest BCUT2D eigenvalue weighted by atomic mass is 79.9. The molecular weight excluding hydrogens is 371 g/mol. The molecule has 0 fully saturated rings. The van der Waals surface area contributed by atoms with Crippen LogP contribution < -0.4 is 4.74 Å². The Morgan fingerprint density at radius 3 is 2.29 bits per heavy atom. The first-order valence-corrected chi connectivity index (χ1v) is 8.51. The standard InChI is InChI=1S/C17H17BrCl2O/c1-21-16-8-7-15(18)9-13(16)10-17(11-19,12-20)14-5-3-2-4-6-14/h2-9H,10-12H2,1H3. The molecular formula is C17H17BrCl2O. The molecule has 0 unspecified atom stereocenters. The number of ether oxygens (including phenoxy) is 1. The summed E-state index contributed by atoms with van der Waals surface area (Å²) in [7, 11) is 1.68. The first-order valence-electron chi connectivity index (χ1n) is 6.65. The Morgan fingerprint density at radius 1 is 1.05 bits per heavy atom. The van der Waals surface area contributed by atoms with Crippen LogP contribution in [0.25, 0.3) is 0 Å². The number of rotatable bonds is 6. The normalized spacial score (nSPS) is 11.4. The zero-order valence-corrected chi connectivity index (χ0v) is 14.9. The van der Waals surface area contributed by atoms with Gasteiger partial charge in [0.2, 0.25) is 0 Å². The topological polar surface area (TPSA) is 9.23 Å². The SMILES string of the molecule is COc1ccc(Br)cc1CC(CCl)(CCl)c1ccccc1. The average molecular weight is 388 g/mol. The van der Waals surface area contributed by atoms with Gasteiger partial charge in [-0.1, -0.05) is 46.3 Å². The van der Waals surface area contributed by atoms with E-state index >= 15 is 0 Å². The highest BCUT2D eigenvalue weighted by Crippen LogP contribution is 2.35. The van der Waals surface area contributed by atoms with Crippen molar-refractivity contribution in [3.05, 3.63) is 64.1 Å². The van der Waals surface area contributed by atoms with Crippen molar-refractivity contribution in [3.8, 4) is 5.75 Å². The number of halogens is 3. The Labute approximate surface area is 144 Å². The largest absolute Gasteiger partial charge is 0.496 e. The van der Waals surface area contributed by atoms with E-state index in [9.17, 15) is 0 Å². The van der Waals surface area contributed by atoms with Crippen LogP contribution in [-0.2, 0) is 11.8 Å². The van der Waals surface area contributed by atoms with Gasteiger partial charge in [-0.2, -0.15) is 0 Å². The van der Waals surface area contributed by atoms with Crippen LogP contribution in [0.3, 0.4) is 0 Å². The van der Waals surface area contributed by atoms with Gasteiger partial charge in [0.15, 0.2) is 0 Å². The van der Waals surface area contributed by atoms with E-state index in [1.54, 1.807) is 7.11 Å². The van der Waals surface area contributed by atoms with Gasteiger partial charge in [0, 0.05) is 21.6 Å². The fraction of sp³-hybridized carbons (Fsp3) is 0.294. The van der Waals surface area contributed by atoms with Crippen molar-refractivity contribution >= 4 is 39.1 Å². The maximum absolute atomic E-state index is 6.31. The van der Waals surface area contributed by atoms with E-state index < -0.39 is 0 Å². The third-order valence-corrected chi connectivity index (χ3v) is 5.19. The van der Waals surface area contributed by atoms with E-state index in [1.165, 1.54) is 0 Å². The van der Waals surface area contributed by atoms with Gasteiger partial charge >= 0.3 is 0 Å².